The first-order chi connectivity index (χ1) is 15.6. The van der Waals surface area contributed by atoms with Crippen LogP contribution in [0.25, 0.3) is 0 Å². The van der Waals surface area contributed by atoms with Crippen LogP contribution < -0.4 is 11.2 Å². The number of phosphoric acid groups is 1. The van der Waals surface area contributed by atoms with Gasteiger partial charge in [-0.05, 0) is 32.1 Å². The minimum atomic E-state index is -3.89. The summed E-state index contributed by atoms with van der Waals surface area (Å²) < 4.78 is 42.5. The summed E-state index contributed by atoms with van der Waals surface area (Å²) in [5.41, 5.74) is -1.91. The SMILES string of the molecule is CC(CCOP1(=O)OC[C@H]2O[C@@H](n3ccc(=O)[nH]c3=O)C(C)(C)[C@@H]2O1)C(=O)OC1CCCC1. The molecule has 3 aliphatic rings. The van der Waals surface area contributed by atoms with Crippen LogP contribution in [0.3, 0.4) is 0 Å². The first-order valence-electron chi connectivity index (χ1n) is 11.3. The van der Waals surface area contributed by atoms with Crippen LogP contribution in [0.5, 0.6) is 0 Å². The molecule has 0 aromatic carbocycles. The van der Waals surface area contributed by atoms with E-state index in [2.05, 4.69) is 4.98 Å². The Morgan fingerprint density at radius 1 is 1.33 bits per heavy atom. The third-order valence-corrected chi connectivity index (χ3v) is 7.99. The van der Waals surface area contributed by atoms with Crippen molar-refractivity contribution in [2.75, 3.05) is 13.2 Å². The lowest BCUT2D eigenvalue weighted by Gasteiger charge is -2.36. The zero-order chi connectivity index (χ0) is 23.8. The molecule has 184 valence electrons. The van der Waals surface area contributed by atoms with Crippen LogP contribution in [0.15, 0.2) is 21.9 Å². The van der Waals surface area contributed by atoms with Crippen molar-refractivity contribution in [3.8, 4) is 0 Å². The standard InChI is InChI=1S/C21H31N2O9P/c1-13(18(25)30-14-6-4-5-7-14)9-11-28-33(27)29-12-15-17(32-33)21(2,3)19(31-15)23-10-8-16(24)22-20(23)26/h8,10,13-15,17,19H,4-7,9,11-12H2,1-3H3,(H,22,24,26)/t13?,15-,17-,19-,33?/m1/s1. The largest absolute Gasteiger partial charge is 0.475 e. The highest BCUT2D eigenvalue weighted by molar-refractivity contribution is 7.48. The number of ether oxygens (including phenoxy) is 2. The first kappa shape index (κ1) is 24.3. The molecule has 0 bridgehead atoms. The number of nitrogens with zero attached hydrogens (tertiary/aromatic N) is 1. The lowest BCUT2D eigenvalue weighted by Crippen LogP contribution is -2.42. The van der Waals surface area contributed by atoms with Gasteiger partial charge in [-0.25, -0.2) is 9.36 Å². The molecule has 1 aromatic rings. The molecule has 3 heterocycles. The Morgan fingerprint density at radius 3 is 2.76 bits per heavy atom. The fourth-order valence-electron chi connectivity index (χ4n) is 4.55. The Kier molecular flexibility index (Phi) is 6.98. The number of esters is 1. The summed E-state index contributed by atoms with van der Waals surface area (Å²) in [5.74, 6) is -0.689. The van der Waals surface area contributed by atoms with Crippen LogP contribution in [0.4, 0.5) is 0 Å². The fraction of sp³-hybridized carbons (Fsp3) is 0.762. The van der Waals surface area contributed by atoms with Crippen LogP contribution in [0.1, 0.15) is 59.1 Å². The average molecular weight is 486 g/mol. The molecule has 3 fully saturated rings. The number of hydrogen-bond donors (Lipinski definition) is 1. The highest BCUT2D eigenvalue weighted by atomic mass is 31.2. The highest BCUT2D eigenvalue weighted by Gasteiger charge is 2.58. The summed E-state index contributed by atoms with van der Waals surface area (Å²) in [4.78, 5) is 38.1. The first-order valence-corrected chi connectivity index (χ1v) is 12.8. The number of nitrogens with one attached hydrogen (secondary N) is 1. The summed E-state index contributed by atoms with van der Waals surface area (Å²) in [7, 11) is -3.89. The molecule has 0 spiro atoms. The van der Waals surface area contributed by atoms with Gasteiger partial charge in [0.2, 0.25) is 0 Å². The molecule has 4 rings (SSSR count). The molecule has 0 radical (unpaired) electrons. The van der Waals surface area contributed by atoms with E-state index in [-0.39, 0.29) is 25.3 Å². The molecule has 0 amide bonds. The number of carbonyl (C=O) groups excluding carboxylic acids is 1. The maximum atomic E-state index is 13.1. The molecule has 1 aromatic heterocycles. The van der Waals surface area contributed by atoms with Gasteiger partial charge in [0.15, 0.2) is 0 Å². The van der Waals surface area contributed by atoms with Crippen molar-refractivity contribution in [2.24, 2.45) is 11.3 Å². The lowest BCUT2D eigenvalue weighted by molar-refractivity contribution is -0.153. The van der Waals surface area contributed by atoms with E-state index < -0.39 is 48.8 Å². The summed E-state index contributed by atoms with van der Waals surface area (Å²) in [5, 5.41) is 0. The number of phosphoric ester groups is 1. The van der Waals surface area contributed by atoms with E-state index in [1.54, 1.807) is 6.92 Å². The monoisotopic (exact) mass is 486 g/mol. The van der Waals surface area contributed by atoms with Crippen molar-refractivity contribution in [2.45, 2.75) is 77.4 Å². The Morgan fingerprint density at radius 2 is 2.06 bits per heavy atom. The maximum absolute atomic E-state index is 13.1. The van der Waals surface area contributed by atoms with Crippen LogP contribution in [0.2, 0.25) is 0 Å². The molecule has 12 heteroatoms. The van der Waals surface area contributed by atoms with Crippen molar-refractivity contribution in [1.29, 1.82) is 0 Å². The average Bonchev–Trinajstić information content (AvgIpc) is 3.34. The molecule has 2 unspecified atom stereocenters. The van der Waals surface area contributed by atoms with Gasteiger partial charge in [-0.2, -0.15) is 0 Å². The van der Waals surface area contributed by atoms with Gasteiger partial charge in [0.25, 0.3) is 5.56 Å². The van der Waals surface area contributed by atoms with Crippen molar-refractivity contribution >= 4 is 13.8 Å². The van der Waals surface area contributed by atoms with E-state index in [1.165, 1.54) is 16.8 Å². The minimum Gasteiger partial charge on any atom is -0.462 e. The molecular formula is C21H31N2O9P. The molecule has 1 N–H and O–H groups in total. The summed E-state index contributed by atoms with van der Waals surface area (Å²) in [6.45, 7) is 5.34. The van der Waals surface area contributed by atoms with E-state index in [1.807, 2.05) is 13.8 Å². The molecular weight excluding hydrogens is 455 g/mol. The number of carbonyl (C=O) groups is 1. The van der Waals surface area contributed by atoms with Crippen molar-refractivity contribution in [3.63, 3.8) is 0 Å². The van der Waals surface area contributed by atoms with Crippen LogP contribution in [-0.2, 0) is 32.4 Å². The second-order valence-corrected chi connectivity index (χ2v) is 11.1. The second kappa shape index (κ2) is 9.46. The number of aromatic nitrogens is 2. The number of H-pyrrole nitrogens is 1. The van der Waals surface area contributed by atoms with Gasteiger partial charge >= 0.3 is 19.5 Å². The quantitative estimate of drug-likeness (QED) is 0.455. The third-order valence-electron chi connectivity index (χ3n) is 6.54. The van der Waals surface area contributed by atoms with Gasteiger partial charge in [0, 0.05) is 17.7 Å². The Balaban J connectivity index is 1.35. The van der Waals surface area contributed by atoms with E-state index in [4.69, 9.17) is 23.0 Å². The smallest absolute Gasteiger partial charge is 0.462 e. The predicted molar refractivity (Wildman–Crippen MR) is 116 cm³/mol. The fourth-order valence-corrected chi connectivity index (χ4v) is 6.09. The van der Waals surface area contributed by atoms with Gasteiger partial charge in [0.1, 0.15) is 24.5 Å². The molecule has 5 atom stereocenters. The van der Waals surface area contributed by atoms with Crippen molar-refractivity contribution in [1.82, 2.24) is 9.55 Å². The minimum absolute atomic E-state index is 0.000305. The highest BCUT2D eigenvalue weighted by Crippen LogP contribution is 2.60. The normalized spacial score (nSPS) is 32.4. The Hall–Kier alpha value is -1.78. The predicted octanol–water partition coefficient (Wildman–Crippen LogP) is 2.51. The van der Waals surface area contributed by atoms with E-state index >= 15 is 0 Å². The van der Waals surface area contributed by atoms with E-state index in [9.17, 15) is 18.9 Å². The Labute approximate surface area is 191 Å². The summed E-state index contributed by atoms with van der Waals surface area (Å²) in [6.07, 6.45) is 3.60. The maximum Gasteiger partial charge on any atom is 0.475 e. The number of fused-ring (bicyclic) bond motifs is 1. The zero-order valence-electron chi connectivity index (χ0n) is 19.1. The van der Waals surface area contributed by atoms with Gasteiger partial charge < -0.3 is 9.47 Å². The number of hydrogen-bond acceptors (Lipinski definition) is 9. The molecule has 33 heavy (non-hydrogen) atoms. The molecule has 2 aliphatic heterocycles. The van der Waals surface area contributed by atoms with Gasteiger partial charge in [-0.3, -0.25) is 32.7 Å². The Bertz CT molecular complexity index is 1030. The second-order valence-electron chi connectivity index (χ2n) is 9.50. The van der Waals surface area contributed by atoms with Gasteiger partial charge in [-0.15, -0.1) is 0 Å². The molecule has 2 saturated heterocycles. The third kappa shape index (κ3) is 5.17. The van der Waals surface area contributed by atoms with Gasteiger partial charge in [-0.1, -0.05) is 20.8 Å². The van der Waals surface area contributed by atoms with Crippen LogP contribution >= 0.6 is 7.82 Å². The lowest BCUT2D eigenvalue weighted by atomic mass is 9.84. The molecule has 11 nitrogen and oxygen atoms in total. The van der Waals surface area contributed by atoms with E-state index in [0.717, 1.165) is 25.7 Å². The topological polar surface area (TPSA) is 135 Å². The molecule has 1 saturated carbocycles. The zero-order valence-corrected chi connectivity index (χ0v) is 20.0. The molecule has 1 aliphatic carbocycles. The van der Waals surface area contributed by atoms with Gasteiger partial charge in [0.05, 0.1) is 19.1 Å². The van der Waals surface area contributed by atoms with E-state index in [0.29, 0.717) is 6.42 Å². The number of rotatable bonds is 7. The van der Waals surface area contributed by atoms with Crippen LogP contribution in [0, 0.1) is 11.3 Å². The summed E-state index contributed by atoms with van der Waals surface area (Å²) in [6, 6.07) is 1.23. The van der Waals surface area contributed by atoms with Crippen molar-refractivity contribution in [3.05, 3.63) is 33.1 Å². The van der Waals surface area contributed by atoms with Crippen LogP contribution in [-0.4, -0.2) is 47.0 Å². The summed E-state index contributed by atoms with van der Waals surface area (Å²) >= 11 is 0. The van der Waals surface area contributed by atoms with Crippen molar-refractivity contribution < 1.29 is 32.4 Å². The number of aromatic amines is 1.